The van der Waals surface area contributed by atoms with Crippen LogP contribution in [0.15, 0.2) is 0 Å². The minimum atomic E-state index is 0.104. The van der Waals surface area contributed by atoms with Gasteiger partial charge in [-0.3, -0.25) is 4.79 Å². The van der Waals surface area contributed by atoms with Crippen LogP contribution in [0.2, 0.25) is 0 Å². The lowest BCUT2D eigenvalue weighted by Gasteiger charge is -2.34. The number of nitrogens with zero attached hydrogens (tertiary/aromatic N) is 1. The van der Waals surface area contributed by atoms with Crippen LogP contribution in [0.3, 0.4) is 0 Å². The van der Waals surface area contributed by atoms with Gasteiger partial charge in [0, 0.05) is 25.7 Å². The van der Waals surface area contributed by atoms with Gasteiger partial charge in [0.05, 0.1) is 6.10 Å². The van der Waals surface area contributed by atoms with Gasteiger partial charge in [-0.05, 0) is 20.8 Å². The summed E-state index contributed by atoms with van der Waals surface area (Å²) in [4.78, 5) is 13.6. The van der Waals surface area contributed by atoms with Gasteiger partial charge in [0.15, 0.2) is 0 Å². The van der Waals surface area contributed by atoms with Crippen LogP contribution in [0.5, 0.6) is 0 Å². The third-order valence-corrected chi connectivity index (χ3v) is 2.36. The average molecular weight is 200 g/mol. The van der Waals surface area contributed by atoms with Crippen molar-refractivity contribution in [2.45, 2.75) is 32.9 Å². The summed E-state index contributed by atoms with van der Waals surface area (Å²) in [5.41, 5.74) is 0. The molecule has 14 heavy (non-hydrogen) atoms. The molecular formula is C10H20N2O2. The Hall–Kier alpha value is -0.610. The Bertz CT molecular complexity index is 195. The molecule has 4 nitrogen and oxygen atoms in total. The highest BCUT2D eigenvalue weighted by Gasteiger charge is 2.22. The molecule has 0 saturated carbocycles. The zero-order valence-corrected chi connectivity index (χ0v) is 9.25. The highest BCUT2D eigenvalue weighted by molar-refractivity contribution is 5.77. The molecule has 1 fully saturated rings. The van der Waals surface area contributed by atoms with Gasteiger partial charge < -0.3 is 15.0 Å². The van der Waals surface area contributed by atoms with E-state index in [9.17, 15) is 4.79 Å². The molecule has 1 aliphatic rings. The Morgan fingerprint density at radius 2 is 2.36 bits per heavy atom. The van der Waals surface area contributed by atoms with Crippen LogP contribution in [-0.2, 0) is 9.53 Å². The van der Waals surface area contributed by atoms with E-state index in [0.717, 1.165) is 19.6 Å². The van der Waals surface area contributed by atoms with Crippen molar-refractivity contribution in [2.24, 2.45) is 0 Å². The Morgan fingerprint density at radius 3 is 2.93 bits per heavy atom. The monoisotopic (exact) mass is 200 g/mol. The zero-order valence-electron chi connectivity index (χ0n) is 9.25. The van der Waals surface area contributed by atoms with E-state index >= 15 is 0 Å². The Labute approximate surface area is 85.6 Å². The third kappa shape index (κ3) is 3.27. The molecule has 0 aromatic rings. The molecule has 1 unspecified atom stereocenters. The molecule has 1 atom stereocenters. The molecule has 1 aliphatic heterocycles. The number of carbonyl (C=O) groups is 1. The van der Waals surface area contributed by atoms with Crippen LogP contribution in [0.1, 0.15) is 20.8 Å². The van der Waals surface area contributed by atoms with E-state index < -0.39 is 0 Å². The van der Waals surface area contributed by atoms with Crippen molar-refractivity contribution in [1.29, 1.82) is 0 Å². The first kappa shape index (κ1) is 11.5. The maximum atomic E-state index is 11.7. The topological polar surface area (TPSA) is 41.6 Å². The van der Waals surface area contributed by atoms with E-state index in [4.69, 9.17) is 4.74 Å². The summed E-state index contributed by atoms with van der Waals surface area (Å²) in [6, 6.07) is 0.284. The van der Waals surface area contributed by atoms with Gasteiger partial charge in [-0.1, -0.05) is 0 Å². The van der Waals surface area contributed by atoms with Crippen molar-refractivity contribution >= 4 is 5.91 Å². The van der Waals surface area contributed by atoms with Gasteiger partial charge in [0.25, 0.3) is 0 Å². The van der Waals surface area contributed by atoms with Gasteiger partial charge in [-0.2, -0.15) is 0 Å². The Morgan fingerprint density at radius 1 is 1.64 bits per heavy atom. The predicted octanol–water partition coefficient (Wildman–Crippen LogP) is 0.232. The molecule has 4 heteroatoms. The molecular weight excluding hydrogens is 180 g/mol. The van der Waals surface area contributed by atoms with Crippen molar-refractivity contribution in [2.75, 3.05) is 26.2 Å². The van der Waals surface area contributed by atoms with Gasteiger partial charge in [0.2, 0.25) is 5.91 Å². The van der Waals surface area contributed by atoms with Crippen LogP contribution in [0.25, 0.3) is 0 Å². The molecule has 0 radical (unpaired) electrons. The van der Waals surface area contributed by atoms with Crippen molar-refractivity contribution in [3.8, 4) is 0 Å². The lowest BCUT2D eigenvalue weighted by molar-refractivity contribution is -0.140. The summed E-state index contributed by atoms with van der Waals surface area (Å²) in [7, 11) is 0. The van der Waals surface area contributed by atoms with Gasteiger partial charge in [-0.15, -0.1) is 0 Å². The number of hydrogen-bond acceptors (Lipinski definition) is 3. The van der Waals surface area contributed by atoms with Crippen molar-refractivity contribution < 1.29 is 9.53 Å². The number of nitrogens with one attached hydrogen (secondary N) is 1. The molecule has 1 amide bonds. The Kier molecular flexibility index (Phi) is 4.35. The van der Waals surface area contributed by atoms with Crippen molar-refractivity contribution in [3.63, 3.8) is 0 Å². The number of carbonyl (C=O) groups excluding carboxylic acids is 1. The molecule has 1 N–H and O–H groups in total. The molecule has 0 aliphatic carbocycles. The van der Waals surface area contributed by atoms with Crippen LogP contribution in [0.4, 0.5) is 0 Å². The second-order valence-electron chi connectivity index (χ2n) is 4.00. The maximum Gasteiger partial charge on any atom is 0.248 e. The van der Waals surface area contributed by atoms with Crippen molar-refractivity contribution in [3.05, 3.63) is 0 Å². The van der Waals surface area contributed by atoms with Crippen LogP contribution in [0, 0.1) is 0 Å². The quantitative estimate of drug-likeness (QED) is 0.709. The fourth-order valence-corrected chi connectivity index (χ4v) is 1.53. The summed E-state index contributed by atoms with van der Waals surface area (Å²) in [5.74, 6) is 0.104. The lowest BCUT2D eigenvalue weighted by Crippen LogP contribution is -2.53. The first-order valence-electron chi connectivity index (χ1n) is 5.23. The second-order valence-corrected chi connectivity index (χ2v) is 4.00. The number of rotatable bonds is 3. The predicted molar refractivity (Wildman–Crippen MR) is 55.1 cm³/mol. The fourth-order valence-electron chi connectivity index (χ4n) is 1.53. The average Bonchev–Trinajstić information content (AvgIpc) is 2.15. The number of hydrogen-bond donors (Lipinski definition) is 1. The fraction of sp³-hybridized carbons (Fsp3) is 0.900. The highest BCUT2D eigenvalue weighted by Crippen LogP contribution is 2.03. The minimum Gasteiger partial charge on any atom is -0.369 e. The molecule has 1 heterocycles. The second kappa shape index (κ2) is 5.32. The molecule has 1 saturated heterocycles. The normalized spacial score (nSPS) is 22.9. The minimum absolute atomic E-state index is 0.104. The van der Waals surface area contributed by atoms with Crippen molar-refractivity contribution in [1.82, 2.24) is 10.2 Å². The van der Waals surface area contributed by atoms with Gasteiger partial charge >= 0.3 is 0 Å². The van der Waals surface area contributed by atoms with Crippen LogP contribution >= 0.6 is 0 Å². The molecule has 0 aromatic heterocycles. The molecule has 0 bridgehead atoms. The third-order valence-electron chi connectivity index (χ3n) is 2.36. The molecule has 1 rings (SSSR count). The van der Waals surface area contributed by atoms with Gasteiger partial charge in [0.1, 0.15) is 6.61 Å². The summed E-state index contributed by atoms with van der Waals surface area (Å²) < 4.78 is 5.29. The van der Waals surface area contributed by atoms with E-state index in [1.807, 2.05) is 18.7 Å². The smallest absolute Gasteiger partial charge is 0.248 e. The summed E-state index contributed by atoms with van der Waals surface area (Å²) in [6.45, 7) is 8.71. The van der Waals surface area contributed by atoms with Gasteiger partial charge in [-0.25, -0.2) is 0 Å². The summed E-state index contributed by atoms with van der Waals surface area (Å²) >= 11 is 0. The molecule has 0 aromatic carbocycles. The maximum absolute atomic E-state index is 11.7. The Balaban J connectivity index is 2.34. The summed E-state index contributed by atoms with van der Waals surface area (Å²) in [6.07, 6.45) is 0.122. The number of amides is 1. The van der Waals surface area contributed by atoms with E-state index in [1.54, 1.807) is 0 Å². The number of piperazine rings is 1. The highest BCUT2D eigenvalue weighted by atomic mass is 16.5. The van der Waals surface area contributed by atoms with E-state index in [0.29, 0.717) is 0 Å². The molecule has 82 valence electrons. The lowest BCUT2D eigenvalue weighted by atomic mass is 10.2. The van der Waals surface area contributed by atoms with E-state index in [2.05, 4.69) is 12.2 Å². The van der Waals surface area contributed by atoms with E-state index in [-0.39, 0.29) is 24.7 Å². The first-order chi connectivity index (χ1) is 6.61. The first-order valence-corrected chi connectivity index (χ1v) is 5.23. The zero-order chi connectivity index (χ0) is 10.6. The standard InChI is InChI=1S/C10H20N2O2/c1-8(2)14-7-10(13)12-5-4-11-6-9(12)3/h8-9,11H,4-7H2,1-3H3. The SMILES string of the molecule is CC(C)OCC(=O)N1CCNCC1C. The molecule has 0 spiro atoms. The number of ether oxygens (including phenoxy) is 1. The summed E-state index contributed by atoms with van der Waals surface area (Å²) in [5, 5.41) is 3.25. The van der Waals surface area contributed by atoms with Crippen LogP contribution < -0.4 is 5.32 Å². The van der Waals surface area contributed by atoms with Crippen LogP contribution in [-0.4, -0.2) is 49.2 Å². The largest absolute Gasteiger partial charge is 0.369 e. The van der Waals surface area contributed by atoms with E-state index in [1.165, 1.54) is 0 Å².